The summed E-state index contributed by atoms with van der Waals surface area (Å²) in [6.45, 7) is 2.01. The third kappa shape index (κ3) is 5.56. The van der Waals surface area contributed by atoms with Crippen LogP contribution in [0.15, 0.2) is 85.3 Å². The predicted molar refractivity (Wildman–Crippen MR) is 167 cm³/mol. The van der Waals surface area contributed by atoms with Gasteiger partial charge in [0.2, 0.25) is 5.95 Å². The maximum atomic E-state index is 16.1. The van der Waals surface area contributed by atoms with Gasteiger partial charge in [-0.15, -0.1) is 5.10 Å². The van der Waals surface area contributed by atoms with E-state index >= 15 is 8.78 Å². The first-order chi connectivity index (χ1) is 23.1. The number of anilines is 2. The molecule has 1 fully saturated rings. The molecule has 1 aliphatic rings. The van der Waals surface area contributed by atoms with Gasteiger partial charge in [-0.25, -0.2) is 18.4 Å². The Morgan fingerprint density at radius 2 is 1.65 bits per heavy atom. The van der Waals surface area contributed by atoms with Crippen molar-refractivity contribution in [1.29, 1.82) is 5.26 Å². The molecule has 0 radical (unpaired) electrons. The molecule has 2 N–H and O–H groups in total. The fraction of sp³-hybridized carbons (Fsp3) is 0.212. The Hall–Kier alpha value is -5.88. The van der Waals surface area contributed by atoms with Crippen LogP contribution in [-0.4, -0.2) is 66.4 Å². The first kappa shape index (κ1) is 30.8. The summed E-state index contributed by atoms with van der Waals surface area (Å²) in [5.41, 5.74) is -0.421. The van der Waals surface area contributed by atoms with E-state index in [1.165, 1.54) is 12.3 Å². The molecule has 11 nitrogen and oxygen atoms in total. The number of aromatic nitrogens is 7. The Labute approximate surface area is 270 Å². The van der Waals surface area contributed by atoms with E-state index in [2.05, 4.69) is 46.3 Å². The summed E-state index contributed by atoms with van der Waals surface area (Å²) in [5.74, 6) is -5.73. The lowest BCUT2D eigenvalue weighted by molar-refractivity contribution is -0.207. The summed E-state index contributed by atoms with van der Waals surface area (Å²) in [7, 11) is 0. The van der Waals surface area contributed by atoms with Gasteiger partial charge in [-0.2, -0.15) is 14.0 Å². The predicted octanol–water partition coefficient (Wildman–Crippen LogP) is 4.77. The molecular weight excluding hydrogens is 628 g/mol. The zero-order valence-electron chi connectivity index (χ0n) is 25.1. The second kappa shape index (κ2) is 12.0. The lowest BCUT2D eigenvalue weighted by Gasteiger charge is -2.36. The first-order valence-electron chi connectivity index (χ1n) is 14.9. The number of nitriles is 1. The fourth-order valence-corrected chi connectivity index (χ4v) is 5.88. The van der Waals surface area contributed by atoms with Crippen molar-refractivity contribution in [3.8, 4) is 17.2 Å². The standard InChI is InChI=1S/C33H26F4N10O/c34-24-5-8-26(27(35)16-24)32(48,19-47-20-40-43-44-47)33(36,37)30-10-4-23(18-39-30)22-2-6-25(7-3-22)45-11-13-46(14-12-45)31-41-28-9-1-21(17-38)15-29(28)42-31/h1-10,15-16,18,20,48H,11-14,19H2,(H,41,42). The third-order valence-electron chi connectivity index (χ3n) is 8.51. The zero-order valence-corrected chi connectivity index (χ0v) is 25.1. The summed E-state index contributed by atoms with van der Waals surface area (Å²) in [6.07, 6.45) is 2.25. The maximum Gasteiger partial charge on any atom is 0.323 e. The Kier molecular flexibility index (Phi) is 7.72. The van der Waals surface area contributed by atoms with Gasteiger partial charge in [-0.05, 0) is 64.5 Å². The number of fused-ring (bicyclic) bond motifs is 1. The van der Waals surface area contributed by atoms with E-state index in [1.54, 1.807) is 12.1 Å². The molecule has 0 aliphatic carbocycles. The van der Waals surface area contributed by atoms with Crippen LogP contribution in [0.1, 0.15) is 16.8 Å². The summed E-state index contributed by atoms with van der Waals surface area (Å²) < 4.78 is 61.4. The molecule has 3 aromatic carbocycles. The summed E-state index contributed by atoms with van der Waals surface area (Å²) in [6, 6.07) is 19.6. The number of aromatic amines is 1. The molecule has 48 heavy (non-hydrogen) atoms. The molecule has 3 aromatic heterocycles. The highest BCUT2D eigenvalue weighted by atomic mass is 19.3. The largest absolute Gasteiger partial charge is 0.377 e. The Balaban J connectivity index is 1.06. The molecule has 4 heterocycles. The summed E-state index contributed by atoms with van der Waals surface area (Å²) >= 11 is 0. The second-order valence-electron chi connectivity index (χ2n) is 11.4. The van der Waals surface area contributed by atoms with Crippen LogP contribution in [0.4, 0.5) is 29.2 Å². The number of H-pyrrole nitrogens is 1. The normalized spacial score (nSPS) is 15.0. The van der Waals surface area contributed by atoms with Gasteiger partial charge in [0.15, 0.2) is 5.60 Å². The lowest BCUT2D eigenvalue weighted by atomic mass is 9.84. The highest BCUT2D eigenvalue weighted by Crippen LogP contribution is 2.47. The van der Waals surface area contributed by atoms with Gasteiger partial charge in [0.1, 0.15) is 23.7 Å². The van der Waals surface area contributed by atoms with Crippen LogP contribution in [0.25, 0.3) is 22.2 Å². The number of tetrazole rings is 1. The van der Waals surface area contributed by atoms with Gasteiger partial charge in [0.05, 0.1) is 29.2 Å². The number of hydrogen-bond acceptors (Lipinski definition) is 9. The minimum atomic E-state index is -4.15. The molecule has 0 bridgehead atoms. The van der Waals surface area contributed by atoms with Crippen molar-refractivity contribution in [2.24, 2.45) is 0 Å². The molecule has 1 saturated heterocycles. The average molecular weight is 655 g/mol. The van der Waals surface area contributed by atoms with E-state index in [1.807, 2.05) is 30.3 Å². The van der Waals surface area contributed by atoms with Gasteiger partial charge in [0.25, 0.3) is 0 Å². The van der Waals surface area contributed by atoms with E-state index in [0.29, 0.717) is 17.2 Å². The first-order valence-corrected chi connectivity index (χ1v) is 14.9. The molecule has 0 spiro atoms. The number of halogens is 4. The number of imidazole rings is 1. The van der Waals surface area contributed by atoms with Gasteiger partial charge in [-0.3, -0.25) is 4.98 Å². The number of piperazine rings is 1. The van der Waals surface area contributed by atoms with Crippen LogP contribution in [0.5, 0.6) is 0 Å². The molecule has 0 saturated carbocycles. The number of rotatable bonds is 8. The molecule has 6 aromatic rings. The molecule has 0 amide bonds. The number of aliphatic hydroxyl groups is 1. The van der Waals surface area contributed by atoms with E-state index < -0.39 is 41.0 Å². The Morgan fingerprint density at radius 1 is 0.896 bits per heavy atom. The number of nitrogens with one attached hydrogen (secondary N) is 1. The Bertz CT molecular complexity index is 2110. The molecule has 7 rings (SSSR count). The minimum absolute atomic E-state index is 0.420. The fourth-order valence-electron chi connectivity index (χ4n) is 5.88. The van der Waals surface area contributed by atoms with Crippen LogP contribution < -0.4 is 9.80 Å². The lowest BCUT2D eigenvalue weighted by Crippen LogP contribution is -2.48. The van der Waals surface area contributed by atoms with Crippen molar-refractivity contribution < 1.29 is 22.7 Å². The van der Waals surface area contributed by atoms with Crippen molar-refractivity contribution in [1.82, 2.24) is 35.2 Å². The number of hydrogen-bond donors (Lipinski definition) is 2. The smallest absolute Gasteiger partial charge is 0.323 e. The van der Waals surface area contributed by atoms with Crippen LogP contribution in [0, 0.1) is 23.0 Å². The SMILES string of the molecule is N#Cc1ccc2nc(N3CCN(c4ccc(-c5ccc(C(F)(F)C(O)(Cn6cnnn6)c6ccc(F)cc6F)nc5)cc4)CC3)[nH]c2c1. The highest BCUT2D eigenvalue weighted by Gasteiger charge is 2.58. The zero-order chi connectivity index (χ0) is 33.5. The van der Waals surface area contributed by atoms with Crippen molar-refractivity contribution >= 4 is 22.7 Å². The van der Waals surface area contributed by atoms with Gasteiger partial charge in [0, 0.05) is 55.3 Å². The summed E-state index contributed by atoms with van der Waals surface area (Å²) in [4.78, 5) is 16.3. The van der Waals surface area contributed by atoms with E-state index in [9.17, 15) is 13.9 Å². The molecule has 1 aliphatic heterocycles. The minimum Gasteiger partial charge on any atom is -0.377 e. The highest BCUT2D eigenvalue weighted by molar-refractivity contribution is 5.79. The van der Waals surface area contributed by atoms with E-state index in [-0.39, 0.29) is 0 Å². The molecule has 15 heteroatoms. The second-order valence-corrected chi connectivity index (χ2v) is 11.4. The maximum absolute atomic E-state index is 16.1. The molecule has 242 valence electrons. The number of nitrogens with zero attached hydrogens (tertiary/aromatic N) is 9. The average Bonchev–Trinajstić information content (AvgIpc) is 3.78. The molecule has 1 unspecified atom stereocenters. The van der Waals surface area contributed by atoms with Crippen LogP contribution >= 0.6 is 0 Å². The quantitative estimate of drug-likeness (QED) is 0.223. The molecular formula is C33H26F4N10O. The van der Waals surface area contributed by atoms with Crippen LogP contribution in [-0.2, 0) is 18.1 Å². The van der Waals surface area contributed by atoms with Gasteiger partial charge < -0.3 is 19.9 Å². The van der Waals surface area contributed by atoms with Crippen molar-refractivity contribution in [2.75, 3.05) is 36.0 Å². The molecule has 1 atom stereocenters. The Morgan fingerprint density at radius 3 is 2.31 bits per heavy atom. The number of pyridine rings is 1. The third-order valence-corrected chi connectivity index (χ3v) is 8.51. The summed E-state index contributed by atoms with van der Waals surface area (Å²) in [5, 5.41) is 30.9. The number of benzene rings is 3. The van der Waals surface area contributed by atoms with Crippen molar-refractivity contribution in [3.05, 3.63) is 114 Å². The van der Waals surface area contributed by atoms with Gasteiger partial charge in [-0.1, -0.05) is 18.2 Å². The monoisotopic (exact) mass is 654 g/mol. The van der Waals surface area contributed by atoms with E-state index in [4.69, 9.17) is 5.26 Å². The topological polar surface area (TPSA) is 136 Å². The van der Waals surface area contributed by atoms with Crippen molar-refractivity contribution in [2.45, 2.75) is 18.1 Å². The van der Waals surface area contributed by atoms with Crippen molar-refractivity contribution in [3.63, 3.8) is 0 Å². The number of alkyl halides is 2. The van der Waals surface area contributed by atoms with Gasteiger partial charge >= 0.3 is 5.92 Å². The van der Waals surface area contributed by atoms with Crippen LogP contribution in [0.3, 0.4) is 0 Å². The van der Waals surface area contributed by atoms with Crippen LogP contribution in [0.2, 0.25) is 0 Å². The van der Waals surface area contributed by atoms with E-state index in [0.717, 1.165) is 83.6 Å².